The standard InChI is InChI=1S/C16H18BrF3N6O/c1-10-12(17)13(16(18,19)20)23-26(10)11(2)14(27)24-6-8-25(9-7-24)15-21-4-3-5-22-15/h3-5,11H,6-9H2,1-2H3/t11-/m1/s1. The van der Waals surface area contributed by atoms with E-state index >= 15 is 0 Å². The van der Waals surface area contributed by atoms with Gasteiger partial charge in [0.15, 0.2) is 5.69 Å². The summed E-state index contributed by atoms with van der Waals surface area (Å²) in [6.45, 7) is 5.04. The van der Waals surface area contributed by atoms with Gasteiger partial charge in [-0.15, -0.1) is 0 Å². The van der Waals surface area contributed by atoms with Crippen molar-refractivity contribution in [3.8, 4) is 0 Å². The van der Waals surface area contributed by atoms with Crippen LogP contribution in [-0.2, 0) is 11.0 Å². The van der Waals surface area contributed by atoms with E-state index in [1.165, 1.54) is 6.92 Å². The summed E-state index contributed by atoms with van der Waals surface area (Å²) in [6.07, 6.45) is -1.28. The lowest BCUT2D eigenvalue weighted by Gasteiger charge is -2.36. The largest absolute Gasteiger partial charge is 0.436 e. The summed E-state index contributed by atoms with van der Waals surface area (Å²) in [6, 6.07) is 0.891. The van der Waals surface area contributed by atoms with Crippen LogP contribution >= 0.6 is 15.9 Å². The van der Waals surface area contributed by atoms with Crippen molar-refractivity contribution in [3.63, 3.8) is 0 Å². The van der Waals surface area contributed by atoms with E-state index in [2.05, 4.69) is 31.0 Å². The Hall–Kier alpha value is -2.17. The molecule has 0 spiro atoms. The van der Waals surface area contributed by atoms with E-state index in [0.29, 0.717) is 32.1 Å². The topological polar surface area (TPSA) is 67.2 Å². The lowest BCUT2D eigenvalue weighted by atomic mass is 10.2. The van der Waals surface area contributed by atoms with Gasteiger partial charge >= 0.3 is 6.18 Å². The molecule has 7 nitrogen and oxygen atoms in total. The van der Waals surface area contributed by atoms with Crippen LogP contribution in [0.25, 0.3) is 0 Å². The van der Waals surface area contributed by atoms with Crippen molar-refractivity contribution in [1.29, 1.82) is 0 Å². The van der Waals surface area contributed by atoms with Crippen LogP contribution < -0.4 is 4.90 Å². The minimum Gasteiger partial charge on any atom is -0.337 e. The highest BCUT2D eigenvalue weighted by Gasteiger charge is 2.39. The second-order valence-electron chi connectivity index (χ2n) is 6.23. The molecule has 1 fully saturated rings. The van der Waals surface area contributed by atoms with E-state index in [0.717, 1.165) is 4.68 Å². The second kappa shape index (κ2) is 7.45. The summed E-state index contributed by atoms with van der Waals surface area (Å²) in [5, 5.41) is 3.63. The minimum atomic E-state index is -4.58. The number of nitrogens with zero attached hydrogens (tertiary/aromatic N) is 6. The summed E-state index contributed by atoms with van der Waals surface area (Å²) in [5.41, 5.74) is -0.759. The van der Waals surface area contributed by atoms with Gasteiger partial charge in [0, 0.05) is 38.6 Å². The Kier molecular flexibility index (Phi) is 5.41. The molecule has 0 radical (unpaired) electrons. The number of aromatic nitrogens is 4. The molecular weight excluding hydrogens is 429 g/mol. The van der Waals surface area contributed by atoms with Gasteiger partial charge in [0.1, 0.15) is 6.04 Å². The summed E-state index contributed by atoms with van der Waals surface area (Å²) in [5.74, 6) is 0.328. The molecule has 0 aromatic carbocycles. The summed E-state index contributed by atoms with van der Waals surface area (Å²) < 4.78 is 40.1. The number of alkyl halides is 3. The van der Waals surface area contributed by atoms with Crippen LogP contribution in [0.4, 0.5) is 19.1 Å². The normalized spacial score (nSPS) is 16.5. The molecule has 1 aliphatic heterocycles. The van der Waals surface area contributed by atoms with Crippen LogP contribution in [-0.4, -0.2) is 56.7 Å². The predicted octanol–water partition coefficient (Wildman–Crippen LogP) is 2.67. The number of carbonyl (C=O) groups excluding carboxylic acids is 1. The van der Waals surface area contributed by atoms with Crippen LogP contribution in [0, 0.1) is 6.92 Å². The van der Waals surface area contributed by atoms with E-state index < -0.39 is 17.9 Å². The Balaban J connectivity index is 1.70. The molecule has 146 valence electrons. The smallest absolute Gasteiger partial charge is 0.337 e. The van der Waals surface area contributed by atoms with Gasteiger partial charge in [-0.25, -0.2) is 9.97 Å². The van der Waals surface area contributed by atoms with E-state index in [9.17, 15) is 18.0 Å². The number of hydrogen-bond acceptors (Lipinski definition) is 5. The van der Waals surface area contributed by atoms with Gasteiger partial charge in [0.05, 0.1) is 10.2 Å². The zero-order chi connectivity index (χ0) is 19.8. The minimum absolute atomic E-state index is 0.138. The van der Waals surface area contributed by atoms with Crippen LogP contribution in [0.15, 0.2) is 22.9 Å². The van der Waals surface area contributed by atoms with Gasteiger partial charge in [-0.1, -0.05) is 0 Å². The van der Waals surface area contributed by atoms with E-state index in [4.69, 9.17) is 0 Å². The van der Waals surface area contributed by atoms with Crippen molar-refractivity contribution in [2.45, 2.75) is 26.1 Å². The Labute approximate surface area is 162 Å². The molecule has 3 rings (SSSR count). The molecular formula is C16H18BrF3N6O. The Morgan fingerprint density at radius 1 is 1.19 bits per heavy atom. The molecule has 0 N–H and O–H groups in total. The highest BCUT2D eigenvalue weighted by molar-refractivity contribution is 9.10. The third kappa shape index (κ3) is 3.92. The molecule has 0 saturated carbocycles. The maximum atomic E-state index is 13.0. The summed E-state index contributed by atoms with van der Waals surface area (Å²) in [7, 11) is 0. The molecule has 11 heteroatoms. The highest BCUT2D eigenvalue weighted by Crippen LogP contribution is 2.36. The lowest BCUT2D eigenvalue weighted by Crippen LogP contribution is -2.50. The average molecular weight is 447 g/mol. The zero-order valence-corrected chi connectivity index (χ0v) is 16.3. The number of hydrogen-bond donors (Lipinski definition) is 0. The van der Waals surface area contributed by atoms with Crippen molar-refractivity contribution < 1.29 is 18.0 Å². The van der Waals surface area contributed by atoms with Gasteiger partial charge in [-0.2, -0.15) is 18.3 Å². The maximum Gasteiger partial charge on any atom is 0.436 e. The van der Waals surface area contributed by atoms with Gasteiger partial charge in [-0.05, 0) is 35.8 Å². The van der Waals surface area contributed by atoms with Crippen LogP contribution in [0.1, 0.15) is 24.4 Å². The van der Waals surface area contributed by atoms with Crippen LogP contribution in [0.5, 0.6) is 0 Å². The molecule has 2 aromatic heterocycles. The fraction of sp³-hybridized carbons (Fsp3) is 0.500. The van der Waals surface area contributed by atoms with Gasteiger partial charge < -0.3 is 9.80 Å². The first-order valence-electron chi connectivity index (χ1n) is 8.32. The third-order valence-corrected chi connectivity index (χ3v) is 5.45. The van der Waals surface area contributed by atoms with Crippen molar-refractivity contribution >= 4 is 27.8 Å². The number of amides is 1. The summed E-state index contributed by atoms with van der Waals surface area (Å²) in [4.78, 5) is 24.8. The lowest BCUT2D eigenvalue weighted by molar-refractivity contribution is -0.143. The average Bonchev–Trinajstić information content (AvgIpc) is 2.97. The zero-order valence-electron chi connectivity index (χ0n) is 14.7. The molecule has 0 aliphatic carbocycles. The molecule has 1 saturated heterocycles. The number of carbonyl (C=O) groups is 1. The SMILES string of the molecule is Cc1c(Br)c(C(F)(F)F)nn1[C@H](C)C(=O)N1CCN(c2ncccn2)CC1. The predicted molar refractivity (Wildman–Crippen MR) is 95.2 cm³/mol. The van der Waals surface area contributed by atoms with Crippen molar-refractivity contribution in [1.82, 2.24) is 24.6 Å². The fourth-order valence-corrected chi connectivity index (χ4v) is 3.49. The molecule has 0 bridgehead atoms. The van der Waals surface area contributed by atoms with Gasteiger partial charge in [-0.3, -0.25) is 9.48 Å². The highest BCUT2D eigenvalue weighted by atomic mass is 79.9. The maximum absolute atomic E-state index is 13.0. The molecule has 1 amide bonds. The Morgan fingerprint density at radius 2 is 1.78 bits per heavy atom. The number of piperazine rings is 1. The molecule has 3 heterocycles. The van der Waals surface area contributed by atoms with Gasteiger partial charge in [0.2, 0.25) is 11.9 Å². The quantitative estimate of drug-likeness (QED) is 0.724. The van der Waals surface area contributed by atoms with E-state index in [1.54, 1.807) is 30.3 Å². The van der Waals surface area contributed by atoms with Crippen LogP contribution in [0.2, 0.25) is 0 Å². The Morgan fingerprint density at radius 3 is 2.30 bits per heavy atom. The molecule has 27 heavy (non-hydrogen) atoms. The molecule has 1 atom stereocenters. The second-order valence-corrected chi connectivity index (χ2v) is 7.02. The third-order valence-electron chi connectivity index (χ3n) is 4.50. The van der Waals surface area contributed by atoms with Gasteiger partial charge in [0.25, 0.3) is 0 Å². The van der Waals surface area contributed by atoms with Crippen LogP contribution in [0.3, 0.4) is 0 Å². The first kappa shape index (κ1) is 19.6. The first-order valence-corrected chi connectivity index (χ1v) is 9.12. The Bertz CT molecular complexity index is 818. The monoisotopic (exact) mass is 446 g/mol. The molecule has 0 unspecified atom stereocenters. The number of anilines is 1. The van der Waals surface area contributed by atoms with E-state index in [-0.39, 0.29) is 16.1 Å². The van der Waals surface area contributed by atoms with Crippen molar-refractivity contribution in [3.05, 3.63) is 34.3 Å². The molecule has 1 aliphatic rings. The number of halogens is 4. The van der Waals surface area contributed by atoms with E-state index in [1.807, 2.05) is 4.90 Å². The summed E-state index contributed by atoms with van der Waals surface area (Å²) >= 11 is 2.94. The number of rotatable bonds is 3. The molecule has 2 aromatic rings. The first-order chi connectivity index (χ1) is 12.7. The fourth-order valence-electron chi connectivity index (χ4n) is 3.01. The van der Waals surface area contributed by atoms with Crippen molar-refractivity contribution in [2.75, 3.05) is 31.1 Å². The van der Waals surface area contributed by atoms with Crippen molar-refractivity contribution in [2.24, 2.45) is 0 Å².